The van der Waals surface area contributed by atoms with Gasteiger partial charge in [0, 0.05) is 12.7 Å². The fraction of sp³-hybridized carbons (Fsp3) is 0.615. The maximum Gasteiger partial charge on any atom is 0.326 e. The number of rotatable bonds is 8. The lowest BCUT2D eigenvalue weighted by Gasteiger charge is -2.16. The molecule has 0 saturated heterocycles. The van der Waals surface area contributed by atoms with Gasteiger partial charge in [0.25, 0.3) is 5.91 Å². The molecule has 0 fully saturated rings. The van der Waals surface area contributed by atoms with Crippen LogP contribution in [0.25, 0.3) is 0 Å². The van der Waals surface area contributed by atoms with E-state index in [1.807, 2.05) is 20.8 Å². The van der Waals surface area contributed by atoms with Gasteiger partial charge in [0.15, 0.2) is 0 Å². The van der Waals surface area contributed by atoms with E-state index in [0.717, 1.165) is 6.42 Å². The first-order valence-corrected chi connectivity index (χ1v) is 6.29. The van der Waals surface area contributed by atoms with Gasteiger partial charge >= 0.3 is 5.97 Å². The first-order valence-electron chi connectivity index (χ1n) is 6.29. The third-order valence-electron chi connectivity index (χ3n) is 2.32. The number of hydrogen-bond acceptors (Lipinski definition) is 4. The Bertz CT molecular complexity index is 383. The molecule has 1 unspecified atom stereocenters. The summed E-state index contributed by atoms with van der Waals surface area (Å²) in [6.45, 7) is 6.33. The van der Waals surface area contributed by atoms with Crippen LogP contribution in [0.4, 0.5) is 0 Å². The van der Waals surface area contributed by atoms with Crippen molar-refractivity contribution in [1.29, 1.82) is 5.26 Å². The molecule has 19 heavy (non-hydrogen) atoms. The molecule has 0 heterocycles. The fourth-order valence-corrected chi connectivity index (χ4v) is 1.40. The topological polar surface area (TPSA) is 102 Å². The second-order valence-electron chi connectivity index (χ2n) is 4.62. The zero-order valence-electron chi connectivity index (χ0n) is 11.6. The summed E-state index contributed by atoms with van der Waals surface area (Å²) in [5, 5.41) is 23.0. The highest BCUT2D eigenvalue weighted by molar-refractivity contribution is 5.99. The quantitative estimate of drug-likeness (QED) is 0.346. The highest BCUT2D eigenvalue weighted by Gasteiger charge is 2.22. The van der Waals surface area contributed by atoms with Gasteiger partial charge in [-0.15, -0.1) is 0 Å². The summed E-state index contributed by atoms with van der Waals surface area (Å²) in [6.07, 6.45) is 2.50. The monoisotopic (exact) mass is 267 g/mol. The van der Waals surface area contributed by atoms with Crippen LogP contribution in [-0.2, 0) is 9.59 Å². The number of carboxylic acid groups (broad SMARTS) is 1. The molecule has 106 valence electrons. The Balaban J connectivity index is 4.65. The van der Waals surface area contributed by atoms with Crippen LogP contribution in [0.3, 0.4) is 0 Å². The molecular formula is C13H21N3O3. The van der Waals surface area contributed by atoms with Crippen LogP contribution in [0, 0.1) is 17.2 Å². The van der Waals surface area contributed by atoms with E-state index < -0.39 is 17.9 Å². The van der Waals surface area contributed by atoms with E-state index >= 15 is 0 Å². The average molecular weight is 267 g/mol. The third kappa shape index (κ3) is 7.09. The number of hydrogen-bond donors (Lipinski definition) is 3. The smallest absolute Gasteiger partial charge is 0.326 e. The molecule has 0 spiro atoms. The summed E-state index contributed by atoms with van der Waals surface area (Å²) < 4.78 is 0. The van der Waals surface area contributed by atoms with Gasteiger partial charge in [0.05, 0.1) is 0 Å². The number of nitrogens with one attached hydrogen (secondary N) is 2. The van der Waals surface area contributed by atoms with Crippen LogP contribution < -0.4 is 10.6 Å². The molecule has 0 rings (SSSR count). The molecule has 0 radical (unpaired) electrons. The number of aliphatic carboxylic acids is 1. The van der Waals surface area contributed by atoms with Gasteiger partial charge in [-0.2, -0.15) is 5.26 Å². The van der Waals surface area contributed by atoms with Crippen LogP contribution in [-0.4, -0.2) is 29.6 Å². The fourth-order valence-electron chi connectivity index (χ4n) is 1.40. The van der Waals surface area contributed by atoms with Crippen molar-refractivity contribution in [2.75, 3.05) is 6.54 Å². The normalized spacial score (nSPS) is 12.7. The zero-order chi connectivity index (χ0) is 14.8. The molecule has 0 aliphatic heterocycles. The summed E-state index contributed by atoms with van der Waals surface area (Å²) >= 11 is 0. The summed E-state index contributed by atoms with van der Waals surface area (Å²) in [5.41, 5.74) is -0.122. The van der Waals surface area contributed by atoms with Crippen LogP contribution in [0.2, 0.25) is 0 Å². The minimum Gasteiger partial charge on any atom is -0.480 e. The molecule has 6 heteroatoms. The highest BCUT2D eigenvalue weighted by atomic mass is 16.4. The number of nitriles is 1. The van der Waals surface area contributed by atoms with Crippen molar-refractivity contribution >= 4 is 11.9 Å². The average Bonchev–Trinajstić information content (AvgIpc) is 2.33. The Hall–Kier alpha value is -2.03. The number of amides is 1. The van der Waals surface area contributed by atoms with Gasteiger partial charge in [-0.3, -0.25) is 4.79 Å². The lowest BCUT2D eigenvalue weighted by atomic mass is 10.0. The summed E-state index contributed by atoms with van der Waals surface area (Å²) in [5.74, 6) is -1.63. The molecule has 1 amide bonds. The third-order valence-corrected chi connectivity index (χ3v) is 2.32. The van der Waals surface area contributed by atoms with Gasteiger partial charge in [0.2, 0.25) is 0 Å². The van der Waals surface area contributed by atoms with E-state index in [1.54, 1.807) is 6.07 Å². The molecule has 0 aromatic rings. The zero-order valence-corrected chi connectivity index (χ0v) is 11.6. The maximum absolute atomic E-state index is 11.8. The highest BCUT2D eigenvalue weighted by Crippen LogP contribution is 2.06. The summed E-state index contributed by atoms with van der Waals surface area (Å²) in [7, 11) is 0. The molecule has 0 aromatic heterocycles. The van der Waals surface area contributed by atoms with Crippen LogP contribution in [0.1, 0.15) is 33.6 Å². The van der Waals surface area contributed by atoms with Gasteiger partial charge in [0.1, 0.15) is 17.7 Å². The van der Waals surface area contributed by atoms with Crippen molar-refractivity contribution in [3.05, 3.63) is 11.8 Å². The number of carbonyl (C=O) groups is 2. The van der Waals surface area contributed by atoms with Crippen molar-refractivity contribution in [1.82, 2.24) is 10.6 Å². The lowest BCUT2D eigenvalue weighted by molar-refractivity contribution is -0.141. The largest absolute Gasteiger partial charge is 0.480 e. The molecule has 0 bridgehead atoms. The second-order valence-corrected chi connectivity index (χ2v) is 4.62. The van der Waals surface area contributed by atoms with Crippen molar-refractivity contribution in [2.24, 2.45) is 5.92 Å². The predicted octanol–water partition coefficient (Wildman–Crippen LogP) is 1.01. The molecular weight excluding hydrogens is 246 g/mol. The first kappa shape index (κ1) is 17.0. The van der Waals surface area contributed by atoms with Gasteiger partial charge < -0.3 is 15.7 Å². The van der Waals surface area contributed by atoms with Crippen molar-refractivity contribution in [3.63, 3.8) is 0 Å². The van der Waals surface area contributed by atoms with Gasteiger partial charge in [-0.25, -0.2) is 4.79 Å². The van der Waals surface area contributed by atoms with E-state index in [9.17, 15) is 9.59 Å². The molecule has 6 nitrogen and oxygen atoms in total. The Morgan fingerprint density at radius 1 is 1.42 bits per heavy atom. The minimum atomic E-state index is -1.10. The minimum absolute atomic E-state index is 0.122. The van der Waals surface area contributed by atoms with E-state index in [-0.39, 0.29) is 11.5 Å². The van der Waals surface area contributed by atoms with E-state index in [1.165, 1.54) is 6.20 Å². The van der Waals surface area contributed by atoms with Crippen molar-refractivity contribution in [2.45, 2.75) is 39.7 Å². The maximum atomic E-state index is 11.8. The van der Waals surface area contributed by atoms with E-state index in [4.69, 9.17) is 10.4 Å². The SMILES string of the molecule is CCCN/C=C(/C#N)C(=O)NC(CC(C)C)C(=O)O. The number of carbonyl (C=O) groups excluding carboxylic acids is 1. The summed E-state index contributed by atoms with van der Waals surface area (Å²) in [4.78, 5) is 22.8. The Labute approximate surface area is 113 Å². The predicted molar refractivity (Wildman–Crippen MR) is 71.0 cm³/mol. The molecule has 0 saturated carbocycles. The second kappa shape index (κ2) is 8.97. The van der Waals surface area contributed by atoms with Crippen molar-refractivity contribution in [3.8, 4) is 6.07 Å². The summed E-state index contributed by atoms with van der Waals surface area (Å²) in [6, 6.07) is 0.776. The lowest BCUT2D eigenvalue weighted by Crippen LogP contribution is -2.42. The van der Waals surface area contributed by atoms with Crippen LogP contribution in [0.15, 0.2) is 11.8 Å². The number of carboxylic acids is 1. The van der Waals surface area contributed by atoms with Crippen LogP contribution >= 0.6 is 0 Å². The molecule has 0 aliphatic carbocycles. The molecule has 1 atom stereocenters. The molecule has 0 aromatic carbocycles. The van der Waals surface area contributed by atoms with E-state index in [0.29, 0.717) is 13.0 Å². The Morgan fingerprint density at radius 3 is 2.47 bits per heavy atom. The first-order chi connectivity index (χ1) is 8.92. The Morgan fingerprint density at radius 2 is 2.05 bits per heavy atom. The van der Waals surface area contributed by atoms with Crippen LogP contribution in [0.5, 0.6) is 0 Å². The number of nitrogens with zero attached hydrogens (tertiary/aromatic N) is 1. The molecule has 0 aliphatic rings. The molecule has 3 N–H and O–H groups in total. The van der Waals surface area contributed by atoms with E-state index in [2.05, 4.69) is 10.6 Å². The van der Waals surface area contributed by atoms with Crippen molar-refractivity contribution < 1.29 is 14.7 Å². The van der Waals surface area contributed by atoms with Gasteiger partial charge in [-0.05, 0) is 18.8 Å². The van der Waals surface area contributed by atoms with Gasteiger partial charge in [-0.1, -0.05) is 20.8 Å². The standard InChI is InChI=1S/C13H21N3O3/c1-4-5-15-8-10(7-14)12(17)16-11(13(18)19)6-9(2)3/h8-9,11,15H,4-6H2,1-3H3,(H,16,17)(H,18,19)/b10-8-. The Kier molecular flexibility index (Phi) is 8.02.